The van der Waals surface area contributed by atoms with Gasteiger partial charge in [0.25, 0.3) is 11.1 Å². The summed E-state index contributed by atoms with van der Waals surface area (Å²) in [5.41, 5.74) is 0. The number of imide groups is 1. The van der Waals surface area contributed by atoms with Crippen LogP contribution in [0, 0.1) is 0 Å². The third-order valence-electron chi connectivity index (χ3n) is 2.96. The number of nitrogens with one attached hydrogen (secondary N) is 2. The first-order valence-corrected chi connectivity index (χ1v) is 9.17. The van der Waals surface area contributed by atoms with Gasteiger partial charge in [-0.05, 0) is 30.0 Å². The van der Waals surface area contributed by atoms with E-state index in [4.69, 9.17) is 8.83 Å². The number of thioether (sulfide) groups is 1. The van der Waals surface area contributed by atoms with Crippen molar-refractivity contribution in [3.63, 3.8) is 0 Å². The van der Waals surface area contributed by atoms with Crippen LogP contribution in [0.25, 0.3) is 11.7 Å². The van der Waals surface area contributed by atoms with E-state index in [-0.39, 0.29) is 16.9 Å². The molecule has 3 rings (SSSR count). The highest BCUT2D eigenvalue weighted by molar-refractivity contribution is 7.99. The van der Waals surface area contributed by atoms with Gasteiger partial charge < -0.3 is 14.2 Å². The maximum absolute atomic E-state index is 11.8. The molecular formula is C15H14N4O4S2. The third kappa shape index (κ3) is 5.19. The van der Waals surface area contributed by atoms with Crippen LogP contribution in [0.5, 0.6) is 0 Å². The van der Waals surface area contributed by atoms with Crippen molar-refractivity contribution < 1.29 is 18.4 Å². The number of hydrogen-bond donors (Lipinski definition) is 2. The van der Waals surface area contributed by atoms with Gasteiger partial charge >= 0.3 is 6.03 Å². The largest absolute Gasteiger partial charge is 0.459 e. The van der Waals surface area contributed by atoms with Gasteiger partial charge in [-0.3, -0.25) is 10.1 Å². The topological polar surface area (TPSA) is 110 Å². The van der Waals surface area contributed by atoms with Crippen LogP contribution < -0.4 is 10.6 Å². The average molecular weight is 378 g/mol. The second kappa shape index (κ2) is 8.49. The Morgan fingerprint density at radius 1 is 1.24 bits per heavy atom. The lowest BCUT2D eigenvalue weighted by Gasteiger charge is -2.05. The van der Waals surface area contributed by atoms with Crippen molar-refractivity contribution in [2.75, 3.05) is 12.3 Å². The molecule has 0 aliphatic heterocycles. The van der Waals surface area contributed by atoms with Crippen LogP contribution in [-0.2, 0) is 11.2 Å². The normalized spacial score (nSPS) is 10.6. The summed E-state index contributed by atoms with van der Waals surface area (Å²) < 4.78 is 10.5. The maximum Gasteiger partial charge on any atom is 0.321 e. The fourth-order valence-corrected chi connectivity index (χ4v) is 3.13. The predicted molar refractivity (Wildman–Crippen MR) is 92.3 cm³/mol. The summed E-state index contributed by atoms with van der Waals surface area (Å²) in [5, 5.41) is 14.7. The molecular weight excluding hydrogens is 364 g/mol. The maximum atomic E-state index is 11.8. The number of furan rings is 1. The molecule has 0 fully saturated rings. The summed E-state index contributed by atoms with van der Waals surface area (Å²) in [7, 11) is 0. The molecule has 130 valence electrons. The number of rotatable bonds is 7. The predicted octanol–water partition coefficient (Wildman–Crippen LogP) is 2.55. The van der Waals surface area contributed by atoms with Crippen LogP contribution in [0.4, 0.5) is 4.79 Å². The molecule has 0 aliphatic rings. The minimum Gasteiger partial charge on any atom is -0.459 e. The van der Waals surface area contributed by atoms with Crippen molar-refractivity contribution in [3.05, 3.63) is 40.8 Å². The number of nitrogens with zero attached hydrogens (tertiary/aromatic N) is 2. The molecule has 0 radical (unpaired) electrons. The van der Waals surface area contributed by atoms with E-state index in [1.165, 1.54) is 11.1 Å². The van der Waals surface area contributed by atoms with Gasteiger partial charge in [0, 0.05) is 11.4 Å². The molecule has 0 atom stereocenters. The van der Waals surface area contributed by atoms with Gasteiger partial charge in [0.15, 0.2) is 5.76 Å². The Bertz CT molecular complexity index is 815. The van der Waals surface area contributed by atoms with E-state index in [0.717, 1.165) is 18.2 Å². The van der Waals surface area contributed by atoms with Crippen LogP contribution in [0.1, 0.15) is 4.88 Å². The first kappa shape index (κ1) is 17.2. The van der Waals surface area contributed by atoms with Crippen LogP contribution in [0.2, 0.25) is 0 Å². The summed E-state index contributed by atoms with van der Waals surface area (Å²) in [6.07, 6.45) is 2.22. The molecule has 3 aromatic rings. The zero-order valence-electron chi connectivity index (χ0n) is 12.9. The molecule has 0 spiro atoms. The van der Waals surface area contributed by atoms with Crippen LogP contribution >= 0.6 is 23.1 Å². The van der Waals surface area contributed by atoms with Gasteiger partial charge in [0.1, 0.15) is 0 Å². The Balaban J connectivity index is 1.37. The molecule has 0 unspecified atom stereocenters. The summed E-state index contributed by atoms with van der Waals surface area (Å²) in [4.78, 5) is 24.6. The Morgan fingerprint density at radius 3 is 2.92 bits per heavy atom. The standard InChI is InChI=1S/C15H14N4O4S2/c20-12(17-14(21)16-6-5-10-3-2-8-24-10)9-25-15-19-18-13(23-15)11-4-1-7-22-11/h1-4,7-8H,5-6,9H2,(H2,16,17,20,21). The van der Waals surface area contributed by atoms with Crippen molar-refractivity contribution in [2.45, 2.75) is 11.6 Å². The lowest BCUT2D eigenvalue weighted by atomic mass is 10.3. The number of hydrogen-bond acceptors (Lipinski definition) is 8. The van der Waals surface area contributed by atoms with Gasteiger partial charge in [-0.2, -0.15) is 0 Å². The molecule has 10 heteroatoms. The third-order valence-corrected chi connectivity index (χ3v) is 4.71. The minimum atomic E-state index is -0.524. The van der Waals surface area contributed by atoms with Gasteiger partial charge in [0.2, 0.25) is 5.91 Å². The van der Waals surface area contributed by atoms with E-state index in [0.29, 0.717) is 12.3 Å². The number of aromatic nitrogens is 2. The number of thiophene rings is 1. The number of urea groups is 1. The highest BCUT2D eigenvalue weighted by Gasteiger charge is 2.14. The molecule has 2 N–H and O–H groups in total. The number of carbonyl (C=O) groups is 2. The molecule has 0 bridgehead atoms. The Kier molecular flexibility index (Phi) is 5.86. The molecule has 0 saturated heterocycles. The molecule has 25 heavy (non-hydrogen) atoms. The average Bonchev–Trinajstić information content (AvgIpc) is 3.34. The van der Waals surface area contributed by atoms with E-state index < -0.39 is 11.9 Å². The van der Waals surface area contributed by atoms with Crippen molar-refractivity contribution in [3.8, 4) is 11.7 Å². The van der Waals surface area contributed by atoms with Crippen LogP contribution in [0.15, 0.2) is 50.0 Å². The molecule has 8 nitrogen and oxygen atoms in total. The highest BCUT2D eigenvalue weighted by Crippen LogP contribution is 2.23. The van der Waals surface area contributed by atoms with E-state index in [9.17, 15) is 9.59 Å². The van der Waals surface area contributed by atoms with Crippen LogP contribution in [0.3, 0.4) is 0 Å². The van der Waals surface area contributed by atoms with Crippen molar-refractivity contribution in [2.24, 2.45) is 0 Å². The Hall–Kier alpha value is -2.59. The highest BCUT2D eigenvalue weighted by atomic mass is 32.2. The molecule has 0 aliphatic carbocycles. The first-order valence-electron chi connectivity index (χ1n) is 7.31. The zero-order chi connectivity index (χ0) is 17.5. The monoisotopic (exact) mass is 378 g/mol. The molecule has 0 aromatic carbocycles. The number of carbonyl (C=O) groups excluding carboxylic acids is 2. The van der Waals surface area contributed by atoms with Crippen LogP contribution in [-0.4, -0.2) is 34.4 Å². The summed E-state index contributed by atoms with van der Waals surface area (Å²) in [6.45, 7) is 0.461. The minimum absolute atomic E-state index is 0.0157. The summed E-state index contributed by atoms with van der Waals surface area (Å²) >= 11 is 2.66. The lowest BCUT2D eigenvalue weighted by Crippen LogP contribution is -2.41. The van der Waals surface area contributed by atoms with E-state index >= 15 is 0 Å². The zero-order valence-corrected chi connectivity index (χ0v) is 14.6. The fraction of sp³-hybridized carbons (Fsp3) is 0.200. The number of amides is 3. The Labute approximate surface area is 151 Å². The van der Waals surface area contributed by atoms with Gasteiger partial charge in [0.05, 0.1) is 12.0 Å². The molecule has 0 saturated carbocycles. The van der Waals surface area contributed by atoms with Crippen molar-refractivity contribution in [1.29, 1.82) is 0 Å². The lowest BCUT2D eigenvalue weighted by molar-refractivity contribution is -0.117. The van der Waals surface area contributed by atoms with E-state index in [2.05, 4.69) is 20.8 Å². The molecule has 3 aromatic heterocycles. The molecule has 3 heterocycles. The van der Waals surface area contributed by atoms with E-state index in [1.54, 1.807) is 23.5 Å². The quantitative estimate of drug-likeness (QED) is 0.608. The second-order valence-corrected chi connectivity index (χ2v) is 6.73. The molecule has 3 amide bonds. The summed E-state index contributed by atoms with van der Waals surface area (Å²) in [5.74, 6) is 0.225. The smallest absolute Gasteiger partial charge is 0.321 e. The van der Waals surface area contributed by atoms with Crippen molar-refractivity contribution >= 4 is 35.0 Å². The Morgan fingerprint density at radius 2 is 2.16 bits per heavy atom. The van der Waals surface area contributed by atoms with Crippen molar-refractivity contribution in [1.82, 2.24) is 20.8 Å². The van der Waals surface area contributed by atoms with E-state index in [1.807, 2.05) is 17.5 Å². The van der Waals surface area contributed by atoms with Gasteiger partial charge in [-0.1, -0.05) is 17.8 Å². The summed E-state index contributed by atoms with van der Waals surface area (Å²) in [6, 6.07) is 6.82. The fourth-order valence-electron chi connectivity index (χ4n) is 1.86. The van der Waals surface area contributed by atoms with Gasteiger partial charge in [-0.15, -0.1) is 21.5 Å². The van der Waals surface area contributed by atoms with Gasteiger partial charge in [-0.25, -0.2) is 4.79 Å². The SMILES string of the molecule is O=C(CSc1nnc(-c2ccco2)o1)NC(=O)NCCc1cccs1. The first-order chi connectivity index (χ1) is 12.2. The second-order valence-electron chi connectivity index (χ2n) is 4.77.